The highest BCUT2D eigenvalue weighted by atomic mass is 32.2. The van der Waals surface area contributed by atoms with Crippen molar-refractivity contribution in [2.24, 2.45) is 5.41 Å². The maximum Gasteiger partial charge on any atom is 0.228 e. The van der Waals surface area contributed by atoms with Crippen LogP contribution in [0.1, 0.15) is 38.3 Å². The summed E-state index contributed by atoms with van der Waals surface area (Å²) in [7, 11) is 0. The van der Waals surface area contributed by atoms with Gasteiger partial charge < -0.3 is 9.80 Å². The van der Waals surface area contributed by atoms with Gasteiger partial charge >= 0.3 is 0 Å². The lowest BCUT2D eigenvalue weighted by Gasteiger charge is -2.37. The summed E-state index contributed by atoms with van der Waals surface area (Å²) in [6.07, 6.45) is 2.81. The standard InChI is InChI=1S/C20H28N2O2S/c1-20(2,3)19(24)22-10-8-21(9-11-22)18(23)14-15-6-7-17-16(13-15)5-4-12-25-17/h6-7,13H,4-5,8-12,14H2,1-3H3. The highest BCUT2D eigenvalue weighted by molar-refractivity contribution is 7.99. The molecule has 2 heterocycles. The molecule has 0 spiro atoms. The van der Waals surface area contributed by atoms with Crippen molar-refractivity contribution in [3.8, 4) is 0 Å². The lowest BCUT2D eigenvalue weighted by Crippen LogP contribution is -2.53. The zero-order valence-corrected chi connectivity index (χ0v) is 16.3. The number of thioether (sulfide) groups is 1. The number of hydrogen-bond donors (Lipinski definition) is 0. The summed E-state index contributed by atoms with van der Waals surface area (Å²) in [5.74, 6) is 1.54. The molecule has 0 unspecified atom stereocenters. The fourth-order valence-electron chi connectivity index (χ4n) is 3.44. The van der Waals surface area contributed by atoms with Gasteiger partial charge in [-0.1, -0.05) is 32.9 Å². The Morgan fingerprint density at radius 1 is 1.08 bits per heavy atom. The van der Waals surface area contributed by atoms with Crippen LogP contribution in [0.4, 0.5) is 0 Å². The average molecular weight is 361 g/mol. The molecule has 0 bridgehead atoms. The van der Waals surface area contributed by atoms with E-state index in [1.54, 1.807) is 0 Å². The van der Waals surface area contributed by atoms with Crippen LogP contribution in [0, 0.1) is 5.41 Å². The third kappa shape index (κ3) is 4.38. The van der Waals surface area contributed by atoms with E-state index in [0.717, 1.165) is 12.0 Å². The molecule has 3 rings (SSSR count). The highest BCUT2D eigenvalue weighted by Gasteiger charge is 2.30. The van der Waals surface area contributed by atoms with Crippen LogP contribution in [0.3, 0.4) is 0 Å². The van der Waals surface area contributed by atoms with Crippen LogP contribution in [0.2, 0.25) is 0 Å². The molecule has 25 heavy (non-hydrogen) atoms. The molecule has 0 aliphatic carbocycles. The van der Waals surface area contributed by atoms with Crippen molar-refractivity contribution in [3.63, 3.8) is 0 Å². The molecule has 2 aliphatic heterocycles. The van der Waals surface area contributed by atoms with E-state index in [0.29, 0.717) is 32.6 Å². The summed E-state index contributed by atoms with van der Waals surface area (Å²) in [6.45, 7) is 8.40. The summed E-state index contributed by atoms with van der Waals surface area (Å²) in [6, 6.07) is 6.47. The van der Waals surface area contributed by atoms with Gasteiger partial charge in [0.1, 0.15) is 0 Å². The van der Waals surface area contributed by atoms with Gasteiger partial charge in [-0.3, -0.25) is 9.59 Å². The van der Waals surface area contributed by atoms with E-state index in [4.69, 9.17) is 0 Å². The molecule has 1 aromatic rings. The number of nitrogens with zero attached hydrogens (tertiary/aromatic N) is 2. The van der Waals surface area contributed by atoms with E-state index in [1.807, 2.05) is 42.3 Å². The molecular weight excluding hydrogens is 332 g/mol. The zero-order chi connectivity index (χ0) is 18.0. The molecule has 1 fully saturated rings. The highest BCUT2D eigenvalue weighted by Crippen LogP contribution is 2.30. The van der Waals surface area contributed by atoms with Crippen molar-refractivity contribution < 1.29 is 9.59 Å². The molecule has 2 amide bonds. The van der Waals surface area contributed by atoms with Gasteiger partial charge in [-0.2, -0.15) is 0 Å². The molecule has 4 nitrogen and oxygen atoms in total. The molecule has 0 N–H and O–H groups in total. The van der Waals surface area contributed by atoms with Crippen LogP contribution in [-0.4, -0.2) is 53.5 Å². The van der Waals surface area contributed by atoms with Gasteiger partial charge in [0.2, 0.25) is 11.8 Å². The molecular formula is C20H28N2O2S. The smallest absolute Gasteiger partial charge is 0.228 e. The number of benzene rings is 1. The van der Waals surface area contributed by atoms with Gasteiger partial charge in [-0.15, -0.1) is 11.8 Å². The Hall–Kier alpha value is -1.49. The number of amides is 2. The van der Waals surface area contributed by atoms with Crippen LogP contribution in [0.25, 0.3) is 0 Å². The van der Waals surface area contributed by atoms with Gasteiger partial charge in [0.25, 0.3) is 0 Å². The number of piperazine rings is 1. The fourth-order valence-corrected chi connectivity index (χ4v) is 4.46. The Balaban J connectivity index is 1.56. The molecule has 2 aliphatic rings. The van der Waals surface area contributed by atoms with Gasteiger partial charge in [0.15, 0.2) is 0 Å². The second-order valence-corrected chi connectivity index (χ2v) is 9.13. The summed E-state index contributed by atoms with van der Waals surface area (Å²) in [5.41, 5.74) is 2.15. The largest absolute Gasteiger partial charge is 0.339 e. The molecule has 1 saturated heterocycles. The van der Waals surface area contributed by atoms with Gasteiger partial charge in [0, 0.05) is 36.5 Å². The number of rotatable bonds is 2. The second-order valence-electron chi connectivity index (χ2n) is 7.99. The number of carbonyl (C=O) groups is 2. The average Bonchev–Trinajstić information content (AvgIpc) is 2.60. The number of hydrogen-bond acceptors (Lipinski definition) is 3. The van der Waals surface area contributed by atoms with E-state index in [1.165, 1.54) is 22.6 Å². The monoisotopic (exact) mass is 360 g/mol. The van der Waals surface area contributed by atoms with Gasteiger partial charge in [-0.25, -0.2) is 0 Å². The molecule has 5 heteroatoms. The maximum atomic E-state index is 12.6. The Morgan fingerprint density at radius 2 is 1.76 bits per heavy atom. The first-order valence-electron chi connectivity index (χ1n) is 9.16. The van der Waals surface area contributed by atoms with E-state index in [-0.39, 0.29) is 17.2 Å². The second kappa shape index (κ2) is 7.40. The molecule has 1 aromatic carbocycles. The van der Waals surface area contributed by atoms with E-state index in [9.17, 15) is 9.59 Å². The van der Waals surface area contributed by atoms with Gasteiger partial charge in [0.05, 0.1) is 6.42 Å². The lowest BCUT2D eigenvalue weighted by atomic mass is 9.94. The van der Waals surface area contributed by atoms with Crippen molar-refractivity contribution in [2.75, 3.05) is 31.9 Å². The maximum absolute atomic E-state index is 12.6. The number of carbonyl (C=O) groups excluding carboxylic acids is 2. The quantitative estimate of drug-likeness (QED) is 0.814. The summed E-state index contributed by atoms with van der Waals surface area (Å²) >= 11 is 1.92. The van der Waals surface area contributed by atoms with Gasteiger partial charge in [-0.05, 0) is 35.8 Å². The Kier molecular flexibility index (Phi) is 5.42. The van der Waals surface area contributed by atoms with Crippen LogP contribution in [0.15, 0.2) is 23.1 Å². The first kappa shape index (κ1) is 18.3. The predicted molar refractivity (Wildman–Crippen MR) is 102 cm³/mol. The minimum Gasteiger partial charge on any atom is -0.339 e. The third-order valence-corrected chi connectivity index (χ3v) is 6.09. The Labute approximate surface area is 154 Å². The van der Waals surface area contributed by atoms with E-state index < -0.39 is 0 Å². The molecule has 0 atom stereocenters. The fraction of sp³-hybridized carbons (Fsp3) is 0.600. The SMILES string of the molecule is CC(C)(C)C(=O)N1CCN(C(=O)Cc2ccc3c(c2)CCCS3)CC1. The minimum absolute atomic E-state index is 0.172. The third-order valence-electron chi connectivity index (χ3n) is 4.89. The lowest BCUT2D eigenvalue weighted by molar-refractivity contribution is -0.144. The zero-order valence-electron chi connectivity index (χ0n) is 15.5. The van der Waals surface area contributed by atoms with Crippen molar-refractivity contribution >= 4 is 23.6 Å². The van der Waals surface area contributed by atoms with E-state index >= 15 is 0 Å². The van der Waals surface area contributed by atoms with E-state index in [2.05, 4.69) is 18.2 Å². The van der Waals surface area contributed by atoms with Crippen molar-refractivity contribution in [2.45, 2.75) is 44.9 Å². The van der Waals surface area contributed by atoms with Crippen LogP contribution in [0.5, 0.6) is 0 Å². The van der Waals surface area contributed by atoms with Crippen molar-refractivity contribution in [3.05, 3.63) is 29.3 Å². The van der Waals surface area contributed by atoms with Crippen LogP contribution in [-0.2, 0) is 22.4 Å². The topological polar surface area (TPSA) is 40.6 Å². The molecule has 0 saturated carbocycles. The predicted octanol–water partition coefficient (Wildman–Crippen LogP) is 2.98. The normalized spacial score (nSPS) is 18.0. The number of aryl methyl sites for hydroxylation is 1. The summed E-state index contributed by atoms with van der Waals surface area (Å²) in [5, 5.41) is 0. The van der Waals surface area contributed by atoms with Crippen molar-refractivity contribution in [1.29, 1.82) is 0 Å². The van der Waals surface area contributed by atoms with Crippen LogP contribution >= 0.6 is 11.8 Å². The summed E-state index contributed by atoms with van der Waals surface area (Å²) < 4.78 is 0. The minimum atomic E-state index is -0.354. The number of fused-ring (bicyclic) bond motifs is 1. The Morgan fingerprint density at radius 3 is 2.44 bits per heavy atom. The first-order chi connectivity index (χ1) is 11.8. The molecule has 0 radical (unpaired) electrons. The Bertz CT molecular complexity index is 658. The van der Waals surface area contributed by atoms with Crippen LogP contribution < -0.4 is 0 Å². The molecule has 136 valence electrons. The van der Waals surface area contributed by atoms with Crippen molar-refractivity contribution in [1.82, 2.24) is 9.80 Å². The summed E-state index contributed by atoms with van der Waals surface area (Å²) in [4.78, 5) is 30.1. The molecule has 0 aromatic heterocycles. The first-order valence-corrected chi connectivity index (χ1v) is 10.1.